The molecule has 73 heavy (non-hydrogen) atoms. The van der Waals surface area contributed by atoms with Gasteiger partial charge in [-0.2, -0.15) is 0 Å². The molecule has 8 aromatic rings. The monoisotopic (exact) mass is 1020 g/mol. The van der Waals surface area contributed by atoms with Crippen LogP contribution in [0, 0.1) is 0 Å². The highest BCUT2D eigenvalue weighted by atomic mass is 32.1. The molecule has 2 amide bonds. The van der Waals surface area contributed by atoms with Crippen molar-refractivity contribution in [3.8, 4) is 22.5 Å². The van der Waals surface area contributed by atoms with Gasteiger partial charge in [0.2, 0.25) is 0 Å². The molecule has 0 bridgehead atoms. The summed E-state index contributed by atoms with van der Waals surface area (Å²) in [4.78, 5) is 50.5. The lowest BCUT2D eigenvalue weighted by Crippen LogP contribution is -2.33. The van der Waals surface area contributed by atoms with Crippen LogP contribution in [0.25, 0.3) is 52.9 Å². The molecule has 4 saturated heterocycles. The third kappa shape index (κ3) is 12.3. The van der Waals surface area contributed by atoms with E-state index in [0.717, 1.165) is 116 Å². The van der Waals surface area contributed by atoms with Crippen molar-refractivity contribution in [2.75, 3.05) is 65.4 Å². The van der Waals surface area contributed by atoms with Gasteiger partial charge in [0.1, 0.15) is 0 Å². The van der Waals surface area contributed by atoms with Crippen molar-refractivity contribution in [3.05, 3.63) is 120 Å². The number of nitrogens with one attached hydrogen (secondary N) is 4. The van der Waals surface area contributed by atoms with Gasteiger partial charge < -0.3 is 36.2 Å². The van der Waals surface area contributed by atoms with Gasteiger partial charge in [-0.05, 0) is 164 Å². The van der Waals surface area contributed by atoms with Gasteiger partial charge in [-0.15, -0.1) is 0 Å². The van der Waals surface area contributed by atoms with E-state index in [1.54, 1.807) is 22.7 Å². The molecule has 4 aromatic heterocycles. The third-order valence-electron chi connectivity index (χ3n) is 14.8. The molecule has 4 aliphatic heterocycles. The summed E-state index contributed by atoms with van der Waals surface area (Å²) in [6.45, 7) is 10.4. The van der Waals surface area contributed by atoms with Crippen LogP contribution >= 0.6 is 22.7 Å². The fraction of sp³-hybridized carbons (Fsp3) is 0.421. The van der Waals surface area contributed by atoms with Crippen molar-refractivity contribution < 1.29 is 19.5 Å². The number of rotatable bonds is 14. The minimum absolute atomic E-state index is 0.00844. The number of amides is 2. The predicted molar refractivity (Wildman–Crippen MR) is 295 cm³/mol. The van der Waals surface area contributed by atoms with Gasteiger partial charge in [-0.3, -0.25) is 23.2 Å². The summed E-state index contributed by atoms with van der Waals surface area (Å²) in [6, 6.07) is 30.5. The first-order valence-electron chi connectivity index (χ1n) is 26.5. The SMILES string of the molecule is O=C(NCCCN1CCCCC1)c1ccc2c(c1)sc1nc(-c3ccc([C@H]4CCCN4)cc3)cn12.O=C(NCCCN1CCCCC1)c1ccc2c(c1)sc1nc(-c3ccc([C@H]4CCCN4)cc3)cn12.O=CO. The highest BCUT2D eigenvalue weighted by Gasteiger charge is 2.20. The Bertz CT molecular complexity index is 2890. The predicted octanol–water partition coefficient (Wildman–Crippen LogP) is 10.2. The lowest BCUT2D eigenvalue weighted by molar-refractivity contribution is -0.122. The summed E-state index contributed by atoms with van der Waals surface area (Å²) in [5.74, 6) is 0.0169. The second-order valence-electron chi connectivity index (χ2n) is 19.8. The molecule has 382 valence electrons. The van der Waals surface area contributed by atoms with Crippen LogP contribution in [0.5, 0.6) is 0 Å². The maximum atomic E-state index is 12.7. The van der Waals surface area contributed by atoms with E-state index in [-0.39, 0.29) is 18.3 Å². The Balaban J connectivity index is 0.000000159. The first kappa shape index (κ1) is 50.5. The Hall–Kier alpha value is -6.01. The number of hydrogen-bond acceptors (Lipinski definition) is 11. The summed E-state index contributed by atoms with van der Waals surface area (Å²) in [5.41, 5.74) is 10.6. The zero-order chi connectivity index (χ0) is 49.9. The highest BCUT2D eigenvalue weighted by molar-refractivity contribution is 7.24. The first-order valence-corrected chi connectivity index (χ1v) is 28.1. The molecule has 4 aromatic carbocycles. The van der Waals surface area contributed by atoms with E-state index >= 15 is 0 Å². The summed E-state index contributed by atoms with van der Waals surface area (Å²) in [6.07, 6.45) is 19.1. The normalized spacial score (nSPS) is 18.4. The lowest BCUT2D eigenvalue weighted by Gasteiger charge is -2.26. The number of piperidine rings is 2. The van der Waals surface area contributed by atoms with Gasteiger partial charge >= 0.3 is 0 Å². The summed E-state index contributed by atoms with van der Waals surface area (Å²) >= 11 is 3.27. The maximum Gasteiger partial charge on any atom is 0.290 e. The van der Waals surface area contributed by atoms with Gasteiger partial charge in [0, 0.05) is 59.8 Å². The Morgan fingerprint density at radius 2 is 1.00 bits per heavy atom. The van der Waals surface area contributed by atoms with Crippen molar-refractivity contribution in [3.63, 3.8) is 0 Å². The molecule has 12 rings (SSSR count). The number of fused-ring (bicyclic) bond motifs is 6. The minimum Gasteiger partial charge on any atom is -0.483 e. The molecule has 0 saturated carbocycles. The number of thiazole rings is 2. The zero-order valence-electron chi connectivity index (χ0n) is 41.7. The number of carbonyl (C=O) groups excluding carboxylic acids is 2. The maximum absolute atomic E-state index is 12.7. The van der Waals surface area contributed by atoms with Crippen LogP contribution in [0.2, 0.25) is 0 Å². The molecule has 2 atom stereocenters. The van der Waals surface area contributed by atoms with E-state index in [1.807, 2.05) is 36.4 Å². The quantitative estimate of drug-likeness (QED) is 0.0524. The fourth-order valence-corrected chi connectivity index (χ4v) is 12.9. The molecule has 14 nitrogen and oxygen atoms in total. The molecule has 0 spiro atoms. The van der Waals surface area contributed by atoms with E-state index in [2.05, 4.69) is 101 Å². The number of carboxylic acid groups (broad SMARTS) is 1. The number of nitrogens with zero attached hydrogens (tertiary/aromatic N) is 6. The van der Waals surface area contributed by atoms with E-state index in [0.29, 0.717) is 12.1 Å². The van der Waals surface area contributed by atoms with Crippen LogP contribution < -0.4 is 21.3 Å². The largest absolute Gasteiger partial charge is 0.483 e. The zero-order valence-corrected chi connectivity index (χ0v) is 43.3. The minimum atomic E-state index is -0.250. The highest BCUT2D eigenvalue weighted by Crippen LogP contribution is 2.33. The summed E-state index contributed by atoms with van der Waals surface area (Å²) in [7, 11) is 0. The Morgan fingerprint density at radius 1 is 0.589 bits per heavy atom. The molecular formula is C57H68N10O4S2. The van der Waals surface area contributed by atoms with Crippen molar-refractivity contribution in [2.45, 2.75) is 89.1 Å². The van der Waals surface area contributed by atoms with Gasteiger partial charge in [-0.25, -0.2) is 9.97 Å². The molecule has 16 heteroatoms. The van der Waals surface area contributed by atoms with Gasteiger partial charge in [0.25, 0.3) is 18.3 Å². The number of benzene rings is 4. The molecule has 4 fully saturated rings. The molecular weight excluding hydrogens is 953 g/mol. The smallest absolute Gasteiger partial charge is 0.290 e. The lowest BCUT2D eigenvalue weighted by atomic mass is 10.0. The van der Waals surface area contributed by atoms with E-state index in [4.69, 9.17) is 19.9 Å². The van der Waals surface area contributed by atoms with Gasteiger partial charge in [0.05, 0.1) is 31.8 Å². The summed E-state index contributed by atoms with van der Waals surface area (Å²) < 4.78 is 6.45. The number of aromatic nitrogens is 4. The number of carbonyl (C=O) groups is 3. The van der Waals surface area contributed by atoms with E-state index in [9.17, 15) is 9.59 Å². The molecule has 0 aliphatic carbocycles. The van der Waals surface area contributed by atoms with Crippen molar-refractivity contribution in [2.24, 2.45) is 0 Å². The fourth-order valence-electron chi connectivity index (χ4n) is 10.9. The van der Waals surface area contributed by atoms with E-state index in [1.165, 1.54) is 102 Å². The molecule has 4 aliphatic rings. The Labute approximate surface area is 435 Å². The van der Waals surface area contributed by atoms with Gasteiger partial charge in [0.15, 0.2) is 9.92 Å². The molecule has 0 unspecified atom stereocenters. The van der Waals surface area contributed by atoms with Crippen LogP contribution in [0.3, 0.4) is 0 Å². The van der Waals surface area contributed by atoms with Crippen LogP contribution in [0.1, 0.15) is 121 Å². The second-order valence-corrected chi connectivity index (χ2v) is 21.8. The Morgan fingerprint density at radius 3 is 1.38 bits per heavy atom. The van der Waals surface area contributed by atoms with Crippen molar-refractivity contribution in [1.29, 1.82) is 0 Å². The number of imidazole rings is 2. The number of hydrogen-bond donors (Lipinski definition) is 5. The van der Waals surface area contributed by atoms with E-state index < -0.39 is 0 Å². The van der Waals surface area contributed by atoms with Gasteiger partial charge in [-0.1, -0.05) is 84.0 Å². The van der Waals surface area contributed by atoms with Crippen LogP contribution in [0.15, 0.2) is 97.3 Å². The van der Waals surface area contributed by atoms with Crippen LogP contribution in [-0.4, -0.2) is 117 Å². The average Bonchev–Trinajstić information content (AvgIpc) is 4.31. The van der Waals surface area contributed by atoms with Crippen molar-refractivity contribution >= 4 is 71.3 Å². The van der Waals surface area contributed by atoms with Crippen LogP contribution in [0.4, 0.5) is 0 Å². The first-order chi connectivity index (χ1) is 35.9. The second kappa shape index (κ2) is 24.3. The molecule has 5 N–H and O–H groups in total. The van der Waals surface area contributed by atoms with Crippen LogP contribution in [-0.2, 0) is 4.79 Å². The molecule has 0 radical (unpaired) electrons. The third-order valence-corrected chi connectivity index (χ3v) is 16.9. The number of likely N-dealkylation sites (tertiary alicyclic amines) is 2. The van der Waals surface area contributed by atoms with Crippen molar-refractivity contribution in [1.82, 2.24) is 49.8 Å². The topological polar surface area (TPSA) is 161 Å². The standard InChI is InChI=1S/2C28H33N5OS.CH2O2/c2*34-27(30-14-5-17-32-15-2-1-3-16-32)22-11-12-25-26(18-22)35-28-31-24(19-33(25)28)21-9-7-20(8-10-21)23-6-4-13-29-23;2-1-3/h2*7-12,18-19,23,29H,1-6,13-17H2,(H,30,34);1H,(H,2,3)/t2*23-;/m11./s1. The average molecular weight is 1020 g/mol. The summed E-state index contributed by atoms with van der Waals surface area (Å²) in [5, 5.41) is 20.2. The molecule has 8 heterocycles. The Kier molecular flexibility index (Phi) is 16.9.